The van der Waals surface area contributed by atoms with E-state index in [0.717, 1.165) is 5.56 Å². The molecule has 7 heteroatoms. The minimum Gasteiger partial charge on any atom is -0.287 e. The maximum Gasteiger partial charge on any atom is 0.266 e. The van der Waals surface area contributed by atoms with Gasteiger partial charge in [-0.1, -0.05) is 53.5 Å². The van der Waals surface area contributed by atoms with Crippen molar-refractivity contribution in [1.29, 1.82) is 0 Å². The summed E-state index contributed by atoms with van der Waals surface area (Å²) in [5.74, 6) is -0.129. The van der Waals surface area contributed by atoms with Crippen LogP contribution in [0.3, 0.4) is 0 Å². The van der Waals surface area contributed by atoms with Gasteiger partial charge in [-0.2, -0.15) is 0 Å². The molecule has 1 aromatic heterocycles. The summed E-state index contributed by atoms with van der Waals surface area (Å²) in [4.78, 5) is 23.2. The van der Waals surface area contributed by atoms with Crippen LogP contribution in [-0.4, -0.2) is 27.5 Å². The van der Waals surface area contributed by atoms with Gasteiger partial charge in [0.2, 0.25) is 0 Å². The number of aliphatic imine (C=N–C) groups is 1. The van der Waals surface area contributed by atoms with Crippen LogP contribution in [0.1, 0.15) is 12.5 Å². The van der Waals surface area contributed by atoms with Crippen molar-refractivity contribution in [3.63, 3.8) is 0 Å². The van der Waals surface area contributed by atoms with Crippen LogP contribution in [-0.2, 0) is 4.79 Å². The Labute approximate surface area is 166 Å². The number of amides is 1. The van der Waals surface area contributed by atoms with Crippen molar-refractivity contribution < 1.29 is 4.79 Å². The molecule has 26 heavy (non-hydrogen) atoms. The van der Waals surface area contributed by atoms with E-state index in [4.69, 9.17) is 23.2 Å². The van der Waals surface area contributed by atoms with Crippen molar-refractivity contribution in [1.82, 2.24) is 9.88 Å². The fourth-order valence-electron chi connectivity index (χ4n) is 2.31. The molecule has 0 spiro atoms. The average Bonchev–Trinajstić information content (AvgIpc) is 2.92. The molecular formula is C19H15Cl2N3OS. The summed E-state index contributed by atoms with van der Waals surface area (Å²) in [6.07, 6.45) is 5.07. The summed E-state index contributed by atoms with van der Waals surface area (Å²) in [5, 5.41) is 1.33. The van der Waals surface area contributed by atoms with Gasteiger partial charge in [0.1, 0.15) is 5.69 Å². The number of pyridine rings is 1. The van der Waals surface area contributed by atoms with Crippen LogP contribution in [0, 0.1) is 0 Å². The molecule has 3 rings (SSSR count). The van der Waals surface area contributed by atoms with E-state index < -0.39 is 0 Å². The molecule has 0 atom stereocenters. The van der Waals surface area contributed by atoms with E-state index in [1.807, 2.05) is 43.3 Å². The fourth-order valence-corrected chi connectivity index (χ4v) is 3.82. The highest BCUT2D eigenvalue weighted by atomic mass is 35.5. The Morgan fingerprint density at radius 3 is 2.73 bits per heavy atom. The van der Waals surface area contributed by atoms with Crippen LogP contribution < -0.4 is 0 Å². The highest BCUT2D eigenvalue weighted by molar-refractivity contribution is 8.18. The summed E-state index contributed by atoms with van der Waals surface area (Å²) in [6.45, 7) is 2.39. The molecule has 0 aliphatic carbocycles. The van der Waals surface area contributed by atoms with Gasteiger partial charge in [-0.15, -0.1) is 0 Å². The van der Waals surface area contributed by atoms with Gasteiger partial charge in [-0.25, -0.2) is 9.98 Å². The molecule has 1 saturated heterocycles. The summed E-state index contributed by atoms with van der Waals surface area (Å²) >= 11 is 13.6. The van der Waals surface area contributed by atoms with Gasteiger partial charge in [0, 0.05) is 17.8 Å². The number of hydrogen-bond acceptors (Lipinski definition) is 4. The zero-order valence-corrected chi connectivity index (χ0v) is 16.2. The first kappa shape index (κ1) is 18.7. The lowest BCUT2D eigenvalue weighted by molar-refractivity contribution is -0.122. The monoisotopic (exact) mass is 403 g/mol. The Balaban J connectivity index is 1.90. The maximum absolute atomic E-state index is 12.6. The molecule has 1 aromatic carbocycles. The molecule has 0 radical (unpaired) electrons. The van der Waals surface area contributed by atoms with E-state index >= 15 is 0 Å². The summed E-state index contributed by atoms with van der Waals surface area (Å²) in [7, 11) is 0. The van der Waals surface area contributed by atoms with E-state index in [2.05, 4.69) is 9.98 Å². The summed E-state index contributed by atoms with van der Waals surface area (Å²) in [6, 6.07) is 13.2. The van der Waals surface area contributed by atoms with Gasteiger partial charge in [0.15, 0.2) is 10.3 Å². The molecule has 132 valence electrons. The third-order valence-electron chi connectivity index (χ3n) is 3.53. The lowest BCUT2D eigenvalue weighted by Crippen LogP contribution is -2.28. The van der Waals surface area contributed by atoms with Gasteiger partial charge < -0.3 is 0 Å². The zero-order valence-electron chi connectivity index (χ0n) is 13.9. The molecule has 0 saturated carbocycles. The number of rotatable bonds is 4. The largest absolute Gasteiger partial charge is 0.287 e. The molecule has 2 heterocycles. The lowest BCUT2D eigenvalue weighted by atomic mass is 10.2. The van der Waals surface area contributed by atoms with Crippen molar-refractivity contribution in [2.75, 3.05) is 6.54 Å². The molecule has 0 unspecified atom stereocenters. The second kappa shape index (κ2) is 8.54. The Morgan fingerprint density at radius 2 is 2.04 bits per heavy atom. The number of benzene rings is 1. The van der Waals surface area contributed by atoms with Crippen molar-refractivity contribution in [2.45, 2.75) is 6.92 Å². The first-order valence-electron chi connectivity index (χ1n) is 7.91. The van der Waals surface area contributed by atoms with Crippen molar-refractivity contribution in [2.24, 2.45) is 4.99 Å². The van der Waals surface area contributed by atoms with Gasteiger partial charge >= 0.3 is 0 Å². The number of aromatic nitrogens is 1. The first-order valence-corrected chi connectivity index (χ1v) is 9.48. The highest BCUT2D eigenvalue weighted by Gasteiger charge is 2.32. The van der Waals surface area contributed by atoms with E-state index in [1.165, 1.54) is 11.8 Å². The Kier molecular flexibility index (Phi) is 6.14. The second-order valence-electron chi connectivity index (χ2n) is 5.31. The maximum atomic E-state index is 12.6. The minimum absolute atomic E-state index is 0.129. The molecular weight excluding hydrogens is 389 g/mol. The Bertz CT molecular complexity index is 910. The SMILES string of the molecule is CCN1C(=O)/C(=C/C(Cl)=C/c2ccccc2)SC1=Nc1cccnc1Cl. The number of halogens is 2. The smallest absolute Gasteiger partial charge is 0.266 e. The topological polar surface area (TPSA) is 45.6 Å². The van der Waals surface area contributed by atoms with E-state index in [1.54, 1.807) is 29.3 Å². The number of amidine groups is 1. The zero-order chi connectivity index (χ0) is 18.5. The molecule has 0 bridgehead atoms. The number of nitrogens with zero attached hydrogens (tertiary/aromatic N) is 3. The van der Waals surface area contributed by atoms with Crippen LogP contribution >= 0.6 is 35.0 Å². The highest BCUT2D eigenvalue weighted by Crippen LogP contribution is 2.35. The van der Waals surface area contributed by atoms with Gasteiger partial charge in [0.25, 0.3) is 5.91 Å². The number of allylic oxidation sites excluding steroid dienone is 2. The predicted molar refractivity (Wildman–Crippen MR) is 110 cm³/mol. The quantitative estimate of drug-likeness (QED) is 0.501. The predicted octanol–water partition coefficient (Wildman–Crippen LogP) is 5.48. The van der Waals surface area contributed by atoms with Crippen molar-refractivity contribution in [3.05, 3.63) is 75.4 Å². The molecule has 2 aromatic rings. The molecule has 1 aliphatic rings. The van der Waals surface area contributed by atoms with E-state index in [-0.39, 0.29) is 5.91 Å². The summed E-state index contributed by atoms with van der Waals surface area (Å²) < 4.78 is 0. The third kappa shape index (κ3) is 4.36. The average molecular weight is 404 g/mol. The second-order valence-corrected chi connectivity index (χ2v) is 7.11. The van der Waals surface area contributed by atoms with Gasteiger partial charge in [-0.3, -0.25) is 9.69 Å². The number of carbonyl (C=O) groups is 1. The normalized spacial score (nSPS) is 18.2. The van der Waals surface area contributed by atoms with Crippen LogP contribution in [0.15, 0.2) is 69.7 Å². The molecule has 0 N–H and O–H groups in total. The van der Waals surface area contributed by atoms with Crippen LogP contribution in [0.2, 0.25) is 5.15 Å². The third-order valence-corrected chi connectivity index (χ3v) is 5.05. The number of likely N-dealkylation sites (N-methyl/N-ethyl adjacent to an activating group) is 1. The van der Waals surface area contributed by atoms with E-state index in [0.29, 0.717) is 32.5 Å². The molecule has 1 amide bonds. The molecule has 1 aliphatic heterocycles. The Hall–Kier alpha value is -2.08. The van der Waals surface area contributed by atoms with Crippen molar-refractivity contribution in [3.8, 4) is 0 Å². The van der Waals surface area contributed by atoms with Crippen LogP contribution in [0.4, 0.5) is 5.69 Å². The number of thioether (sulfide) groups is 1. The van der Waals surface area contributed by atoms with Crippen LogP contribution in [0.5, 0.6) is 0 Å². The lowest BCUT2D eigenvalue weighted by Gasteiger charge is -2.12. The first-order chi connectivity index (χ1) is 12.6. The number of carbonyl (C=O) groups excluding carboxylic acids is 1. The van der Waals surface area contributed by atoms with E-state index in [9.17, 15) is 4.79 Å². The van der Waals surface area contributed by atoms with Crippen LogP contribution in [0.25, 0.3) is 6.08 Å². The summed E-state index contributed by atoms with van der Waals surface area (Å²) in [5.41, 5.74) is 1.49. The van der Waals surface area contributed by atoms with Gasteiger partial charge in [0.05, 0.1) is 4.91 Å². The molecule has 4 nitrogen and oxygen atoms in total. The number of hydrogen-bond donors (Lipinski definition) is 0. The minimum atomic E-state index is -0.129. The Morgan fingerprint density at radius 1 is 1.27 bits per heavy atom. The van der Waals surface area contributed by atoms with Crippen molar-refractivity contribution >= 4 is 57.8 Å². The standard InChI is InChI=1S/C19H15Cl2N3OS/c1-2-24-18(25)16(12-14(20)11-13-7-4-3-5-8-13)26-19(24)23-15-9-6-10-22-17(15)21/h3-12H,2H2,1H3/b14-11-,16-12-,23-19?. The van der Waals surface area contributed by atoms with Gasteiger partial charge in [-0.05, 0) is 48.5 Å². The fraction of sp³-hybridized carbons (Fsp3) is 0.105. The molecule has 1 fully saturated rings.